The topological polar surface area (TPSA) is 55.4 Å². The van der Waals surface area contributed by atoms with E-state index < -0.39 is 11.7 Å². The third kappa shape index (κ3) is 7.25. The predicted octanol–water partition coefficient (Wildman–Crippen LogP) is 4.12. The van der Waals surface area contributed by atoms with Crippen molar-refractivity contribution < 1.29 is 14.3 Å². The maximum Gasteiger partial charge on any atom is 0.407 e. The van der Waals surface area contributed by atoms with E-state index in [1.54, 1.807) is 0 Å². The van der Waals surface area contributed by atoms with Gasteiger partial charge in [-0.2, -0.15) is 0 Å². The largest absolute Gasteiger partial charge is 0.444 e. The van der Waals surface area contributed by atoms with Crippen LogP contribution in [-0.4, -0.2) is 24.0 Å². The lowest BCUT2D eigenvalue weighted by Gasteiger charge is -2.20. The van der Waals surface area contributed by atoms with Gasteiger partial charge in [0.05, 0.1) is 0 Å². The van der Waals surface area contributed by atoms with Gasteiger partial charge in [-0.1, -0.05) is 36.8 Å². The Balaban J connectivity index is 2.31. The average molecular weight is 305 g/mol. The van der Waals surface area contributed by atoms with Crippen LogP contribution in [0, 0.1) is 12.8 Å². The molecule has 1 N–H and O–H groups in total. The van der Waals surface area contributed by atoms with Gasteiger partial charge < -0.3 is 10.1 Å². The molecule has 0 saturated heterocycles. The number of alkyl carbamates (subject to hydrolysis) is 1. The number of carbonyl (C=O) groups excluding carboxylic acids is 2. The molecular formula is C18H27NO3. The zero-order valence-electron chi connectivity index (χ0n) is 14.2. The number of rotatable bonds is 6. The molecule has 1 atom stereocenters. The molecule has 4 heteroatoms. The highest BCUT2D eigenvalue weighted by Crippen LogP contribution is 2.12. The van der Waals surface area contributed by atoms with Gasteiger partial charge in [0, 0.05) is 18.5 Å². The molecule has 0 heterocycles. The summed E-state index contributed by atoms with van der Waals surface area (Å²) >= 11 is 0. The van der Waals surface area contributed by atoms with Crippen LogP contribution in [0.5, 0.6) is 0 Å². The molecule has 0 aliphatic rings. The van der Waals surface area contributed by atoms with E-state index in [2.05, 4.69) is 5.32 Å². The number of aryl methyl sites for hydroxylation is 1. The highest BCUT2D eigenvalue weighted by atomic mass is 16.6. The third-order valence-electron chi connectivity index (χ3n) is 3.23. The van der Waals surface area contributed by atoms with E-state index in [0.717, 1.165) is 17.5 Å². The molecule has 1 rings (SSSR count). The molecule has 0 spiro atoms. The molecule has 1 amide bonds. The van der Waals surface area contributed by atoms with E-state index in [1.165, 1.54) is 0 Å². The fourth-order valence-corrected chi connectivity index (χ4v) is 1.94. The van der Waals surface area contributed by atoms with Gasteiger partial charge in [0.25, 0.3) is 0 Å². The summed E-state index contributed by atoms with van der Waals surface area (Å²) in [6.45, 7) is 10.0. The molecule has 0 bridgehead atoms. The minimum atomic E-state index is -0.491. The summed E-state index contributed by atoms with van der Waals surface area (Å²) in [4.78, 5) is 23.6. The Hall–Kier alpha value is -1.84. The number of benzene rings is 1. The SMILES string of the molecule is Cc1ccc(C(=O)CCC(C)CNC(=O)OC(C)(C)C)cc1. The monoisotopic (exact) mass is 305 g/mol. The molecule has 0 aromatic heterocycles. The first-order valence-corrected chi connectivity index (χ1v) is 7.74. The summed E-state index contributed by atoms with van der Waals surface area (Å²) in [5, 5.41) is 2.74. The Morgan fingerprint density at radius 1 is 1.18 bits per heavy atom. The summed E-state index contributed by atoms with van der Waals surface area (Å²) in [7, 11) is 0. The Morgan fingerprint density at radius 2 is 1.77 bits per heavy atom. The quantitative estimate of drug-likeness (QED) is 0.804. The molecule has 4 nitrogen and oxygen atoms in total. The zero-order valence-corrected chi connectivity index (χ0v) is 14.2. The van der Waals surface area contributed by atoms with Crippen molar-refractivity contribution in [2.24, 2.45) is 5.92 Å². The van der Waals surface area contributed by atoms with Crippen molar-refractivity contribution in [2.75, 3.05) is 6.54 Å². The Morgan fingerprint density at radius 3 is 2.32 bits per heavy atom. The van der Waals surface area contributed by atoms with Crippen LogP contribution in [-0.2, 0) is 4.74 Å². The van der Waals surface area contributed by atoms with E-state index >= 15 is 0 Å². The molecule has 1 unspecified atom stereocenters. The molecule has 0 aliphatic carbocycles. The summed E-state index contributed by atoms with van der Waals surface area (Å²) in [6, 6.07) is 7.62. The maximum atomic E-state index is 12.1. The van der Waals surface area contributed by atoms with Crippen LogP contribution in [0.2, 0.25) is 0 Å². The van der Waals surface area contributed by atoms with Gasteiger partial charge in [0.2, 0.25) is 0 Å². The summed E-state index contributed by atoms with van der Waals surface area (Å²) in [5.41, 5.74) is 1.40. The van der Waals surface area contributed by atoms with E-state index in [-0.39, 0.29) is 11.7 Å². The first kappa shape index (κ1) is 18.2. The van der Waals surface area contributed by atoms with Gasteiger partial charge in [-0.15, -0.1) is 0 Å². The zero-order chi connectivity index (χ0) is 16.8. The number of ketones is 1. The molecule has 1 aromatic rings. The van der Waals surface area contributed by atoms with Gasteiger partial charge in [-0.3, -0.25) is 4.79 Å². The Bertz CT molecular complexity index is 500. The Kier molecular flexibility index (Phi) is 6.60. The normalized spacial score (nSPS) is 12.6. The molecule has 0 radical (unpaired) electrons. The molecule has 0 saturated carbocycles. The summed E-state index contributed by atoms with van der Waals surface area (Å²) in [6.07, 6.45) is 0.812. The first-order valence-electron chi connectivity index (χ1n) is 7.74. The number of hydrogen-bond acceptors (Lipinski definition) is 3. The molecule has 122 valence electrons. The molecule has 1 aromatic carbocycles. The lowest BCUT2D eigenvalue weighted by atomic mass is 9.99. The third-order valence-corrected chi connectivity index (χ3v) is 3.23. The van der Waals surface area contributed by atoms with Crippen LogP contribution >= 0.6 is 0 Å². The van der Waals surface area contributed by atoms with Crippen LogP contribution in [0.3, 0.4) is 0 Å². The van der Waals surface area contributed by atoms with Crippen molar-refractivity contribution in [1.82, 2.24) is 5.32 Å². The number of ether oxygens (including phenoxy) is 1. The average Bonchev–Trinajstić information content (AvgIpc) is 2.41. The number of carbonyl (C=O) groups is 2. The van der Waals surface area contributed by atoms with Crippen LogP contribution in [0.4, 0.5) is 4.79 Å². The highest BCUT2D eigenvalue weighted by molar-refractivity contribution is 5.96. The van der Waals surface area contributed by atoms with Crippen molar-refractivity contribution >= 4 is 11.9 Å². The van der Waals surface area contributed by atoms with Crippen molar-refractivity contribution in [3.05, 3.63) is 35.4 Å². The van der Waals surface area contributed by atoms with Crippen molar-refractivity contribution in [1.29, 1.82) is 0 Å². The minimum absolute atomic E-state index is 0.143. The van der Waals surface area contributed by atoms with Crippen LogP contribution in [0.1, 0.15) is 56.5 Å². The van der Waals surface area contributed by atoms with Gasteiger partial charge in [-0.05, 0) is 40.0 Å². The second-order valence-corrected chi connectivity index (χ2v) is 6.82. The Labute approximate surface area is 133 Å². The lowest BCUT2D eigenvalue weighted by Crippen LogP contribution is -2.34. The fraction of sp³-hybridized carbons (Fsp3) is 0.556. The standard InChI is InChI=1S/C18H27NO3/c1-13-6-9-15(10-7-13)16(20)11-8-14(2)12-19-17(21)22-18(3,4)5/h6-7,9-10,14H,8,11-12H2,1-5H3,(H,19,21). The maximum absolute atomic E-state index is 12.1. The van der Waals surface area contributed by atoms with Gasteiger partial charge in [0.15, 0.2) is 5.78 Å². The second-order valence-electron chi connectivity index (χ2n) is 6.82. The summed E-state index contributed by atoms with van der Waals surface area (Å²) < 4.78 is 5.18. The minimum Gasteiger partial charge on any atom is -0.444 e. The predicted molar refractivity (Wildman–Crippen MR) is 88.1 cm³/mol. The number of hydrogen-bond donors (Lipinski definition) is 1. The molecule has 22 heavy (non-hydrogen) atoms. The number of Topliss-reactive ketones (excluding diaryl/α,β-unsaturated/α-hetero) is 1. The van der Waals surface area contributed by atoms with Crippen LogP contribution < -0.4 is 5.32 Å². The fourth-order valence-electron chi connectivity index (χ4n) is 1.94. The van der Waals surface area contributed by atoms with Crippen molar-refractivity contribution in [3.63, 3.8) is 0 Å². The highest BCUT2D eigenvalue weighted by Gasteiger charge is 2.16. The molecule has 0 aliphatic heterocycles. The van der Waals surface area contributed by atoms with Gasteiger partial charge in [0.1, 0.15) is 5.60 Å². The van der Waals surface area contributed by atoms with Crippen LogP contribution in [0.25, 0.3) is 0 Å². The van der Waals surface area contributed by atoms with E-state index in [0.29, 0.717) is 13.0 Å². The lowest BCUT2D eigenvalue weighted by molar-refractivity contribution is 0.0520. The van der Waals surface area contributed by atoms with E-state index in [1.807, 2.05) is 58.9 Å². The molecule has 0 fully saturated rings. The smallest absolute Gasteiger partial charge is 0.407 e. The van der Waals surface area contributed by atoms with Gasteiger partial charge >= 0.3 is 6.09 Å². The number of amides is 1. The summed E-state index contributed by atoms with van der Waals surface area (Å²) in [5.74, 6) is 0.367. The van der Waals surface area contributed by atoms with Gasteiger partial charge in [-0.25, -0.2) is 4.79 Å². The van der Waals surface area contributed by atoms with Crippen molar-refractivity contribution in [2.45, 2.75) is 53.1 Å². The van der Waals surface area contributed by atoms with E-state index in [9.17, 15) is 9.59 Å². The first-order chi connectivity index (χ1) is 10.2. The van der Waals surface area contributed by atoms with Crippen molar-refractivity contribution in [3.8, 4) is 0 Å². The van der Waals surface area contributed by atoms with E-state index in [4.69, 9.17) is 4.74 Å². The second kappa shape index (κ2) is 7.97. The number of nitrogens with one attached hydrogen (secondary N) is 1. The molecular weight excluding hydrogens is 278 g/mol. The van der Waals surface area contributed by atoms with Crippen LogP contribution in [0.15, 0.2) is 24.3 Å².